The number of rotatable bonds is 7. The molecular weight excluding hydrogens is 282 g/mol. The summed E-state index contributed by atoms with van der Waals surface area (Å²) >= 11 is 0. The molecule has 3 nitrogen and oxygen atoms in total. The number of fused-ring (bicyclic) bond motifs is 1. The summed E-state index contributed by atoms with van der Waals surface area (Å²) in [7, 11) is -2.91. The van der Waals surface area contributed by atoms with Gasteiger partial charge in [-0.1, -0.05) is 38.1 Å². The van der Waals surface area contributed by atoms with E-state index in [0.29, 0.717) is 5.75 Å². The minimum atomic E-state index is -2.91. The van der Waals surface area contributed by atoms with Gasteiger partial charge in [0.05, 0.1) is 5.75 Å². The molecule has 1 aliphatic carbocycles. The van der Waals surface area contributed by atoms with Crippen LogP contribution in [0.25, 0.3) is 0 Å². The van der Waals surface area contributed by atoms with Crippen LogP contribution in [-0.2, 0) is 21.7 Å². The molecular formula is C17H27NO2S. The number of hydrogen-bond acceptors (Lipinski definition) is 3. The molecule has 1 unspecified atom stereocenters. The Morgan fingerprint density at radius 3 is 2.71 bits per heavy atom. The Balaban J connectivity index is 2.30. The van der Waals surface area contributed by atoms with E-state index in [1.807, 2.05) is 0 Å². The van der Waals surface area contributed by atoms with Crippen LogP contribution in [0.15, 0.2) is 24.3 Å². The molecule has 4 heteroatoms. The second-order valence-corrected chi connectivity index (χ2v) is 8.53. The molecule has 0 aliphatic heterocycles. The number of hydrogen-bond donors (Lipinski definition) is 1. The number of sulfone groups is 1. The molecule has 0 heterocycles. The summed E-state index contributed by atoms with van der Waals surface area (Å²) in [6.45, 7) is 5.64. The smallest absolute Gasteiger partial charge is 0.150 e. The highest BCUT2D eigenvalue weighted by Crippen LogP contribution is 2.40. The lowest BCUT2D eigenvalue weighted by Crippen LogP contribution is -2.42. The fraction of sp³-hybridized carbons (Fsp3) is 0.647. The van der Waals surface area contributed by atoms with Gasteiger partial charge < -0.3 is 5.32 Å². The average molecular weight is 309 g/mol. The molecule has 0 bridgehead atoms. The Morgan fingerprint density at radius 2 is 2.00 bits per heavy atom. The number of benzene rings is 1. The molecule has 0 spiro atoms. The van der Waals surface area contributed by atoms with Crippen molar-refractivity contribution in [3.63, 3.8) is 0 Å². The standard InChI is InChI=1S/C17H27NO2S/c1-3-18-14-17(12-13-21(19,20)4-2)11-7-9-15-8-5-6-10-16(15)17/h5-6,8,10,18H,3-4,7,9,11-14H2,1-2H3. The first-order valence-corrected chi connectivity index (χ1v) is 9.84. The van der Waals surface area contributed by atoms with Gasteiger partial charge in [0.25, 0.3) is 0 Å². The molecule has 1 N–H and O–H groups in total. The summed E-state index contributed by atoms with van der Waals surface area (Å²) in [6.07, 6.45) is 4.07. The Kier molecular flexibility index (Phi) is 5.44. The summed E-state index contributed by atoms with van der Waals surface area (Å²) < 4.78 is 23.9. The maximum absolute atomic E-state index is 11.9. The van der Waals surface area contributed by atoms with Gasteiger partial charge in [-0.25, -0.2) is 8.42 Å². The van der Waals surface area contributed by atoms with E-state index in [4.69, 9.17) is 0 Å². The predicted octanol–water partition coefficient (Wildman–Crippen LogP) is 2.70. The molecule has 1 aliphatic rings. The Bertz CT molecular complexity index is 568. The first-order valence-electron chi connectivity index (χ1n) is 8.02. The molecule has 0 fully saturated rings. The second-order valence-electron chi connectivity index (χ2n) is 6.06. The van der Waals surface area contributed by atoms with Gasteiger partial charge in [0, 0.05) is 17.7 Å². The van der Waals surface area contributed by atoms with Crippen LogP contribution in [-0.4, -0.2) is 33.0 Å². The molecule has 1 aromatic rings. The van der Waals surface area contributed by atoms with E-state index in [0.717, 1.165) is 38.8 Å². The van der Waals surface area contributed by atoms with E-state index < -0.39 is 9.84 Å². The molecule has 0 saturated heterocycles. The monoisotopic (exact) mass is 309 g/mol. The second kappa shape index (κ2) is 6.93. The van der Waals surface area contributed by atoms with E-state index >= 15 is 0 Å². The zero-order valence-electron chi connectivity index (χ0n) is 13.2. The first kappa shape index (κ1) is 16.5. The van der Waals surface area contributed by atoms with Crippen molar-refractivity contribution >= 4 is 9.84 Å². The Hall–Kier alpha value is -0.870. The summed E-state index contributed by atoms with van der Waals surface area (Å²) in [4.78, 5) is 0. The molecule has 0 amide bonds. The van der Waals surface area contributed by atoms with Crippen LogP contribution < -0.4 is 5.32 Å². The highest BCUT2D eigenvalue weighted by Gasteiger charge is 2.36. The molecule has 1 atom stereocenters. The first-order chi connectivity index (χ1) is 10.0. The van der Waals surface area contributed by atoms with Crippen LogP contribution >= 0.6 is 0 Å². The van der Waals surface area contributed by atoms with Gasteiger partial charge in [0.2, 0.25) is 0 Å². The van der Waals surface area contributed by atoms with Crippen molar-refractivity contribution in [3.8, 4) is 0 Å². The normalized spacial score (nSPS) is 22.0. The third-order valence-electron chi connectivity index (χ3n) is 4.73. The lowest BCUT2D eigenvalue weighted by atomic mass is 9.68. The van der Waals surface area contributed by atoms with Crippen molar-refractivity contribution in [2.45, 2.75) is 44.9 Å². The van der Waals surface area contributed by atoms with Crippen molar-refractivity contribution in [1.29, 1.82) is 0 Å². The van der Waals surface area contributed by atoms with E-state index in [-0.39, 0.29) is 11.2 Å². The number of aryl methyl sites for hydroxylation is 1. The van der Waals surface area contributed by atoms with Crippen molar-refractivity contribution in [1.82, 2.24) is 5.32 Å². The molecule has 118 valence electrons. The van der Waals surface area contributed by atoms with E-state index in [9.17, 15) is 8.42 Å². The number of likely N-dealkylation sites (N-methyl/N-ethyl adjacent to an activating group) is 1. The van der Waals surface area contributed by atoms with Crippen LogP contribution in [0.3, 0.4) is 0 Å². The van der Waals surface area contributed by atoms with Gasteiger partial charge in [-0.05, 0) is 43.4 Å². The van der Waals surface area contributed by atoms with Crippen LogP contribution in [0.2, 0.25) is 0 Å². The minimum absolute atomic E-state index is 0.0207. The highest BCUT2D eigenvalue weighted by molar-refractivity contribution is 7.91. The SMILES string of the molecule is CCNCC1(CCS(=O)(=O)CC)CCCc2ccccc21. The molecule has 0 saturated carbocycles. The van der Waals surface area contributed by atoms with Gasteiger partial charge in [-0.15, -0.1) is 0 Å². The Labute approximate surface area is 129 Å². The van der Waals surface area contributed by atoms with E-state index in [1.165, 1.54) is 11.1 Å². The highest BCUT2D eigenvalue weighted by atomic mass is 32.2. The molecule has 21 heavy (non-hydrogen) atoms. The summed E-state index contributed by atoms with van der Waals surface area (Å²) in [5.74, 6) is 0.537. The van der Waals surface area contributed by atoms with Crippen molar-refractivity contribution in [2.75, 3.05) is 24.6 Å². The van der Waals surface area contributed by atoms with Crippen molar-refractivity contribution < 1.29 is 8.42 Å². The average Bonchev–Trinajstić information content (AvgIpc) is 2.51. The maximum Gasteiger partial charge on any atom is 0.150 e. The third-order valence-corrected chi connectivity index (χ3v) is 6.44. The zero-order chi connectivity index (χ0) is 15.3. The van der Waals surface area contributed by atoms with Crippen molar-refractivity contribution in [2.24, 2.45) is 0 Å². The molecule has 0 radical (unpaired) electrons. The van der Waals surface area contributed by atoms with Gasteiger partial charge in [-0.3, -0.25) is 0 Å². The molecule has 1 aromatic carbocycles. The molecule has 0 aromatic heterocycles. The van der Waals surface area contributed by atoms with Gasteiger partial charge in [-0.2, -0.15) is 0 Å². The quantitative estimate of drug-likeness (QED) is 0.842. The minimum Gasteiger partial charge on any atom is -0.316 e. The van der Waals surface area contributed by atoms with E-state index in [2.05, 4.69) is 36.5 Å². The van der Waals surface area contributed by atoms with Crippen LogP contribution in [0.5, 0.6) is 0 Å². The fourth-order valence-electron chi connectivity index (χ4n) is 3.40. The van der Waals surface area contributed by atoms with Crippen LogP contribution in [0, 0.1) is 0 Å². The number of nitrogens with one attached hydrogen (secondary N) is 1. The molecule has 2 rings (SSSR count). The van der Waals surface area contributed by atoms with Gasteiger partial charge >= 0.3 is 0 Å². The summed E-state index contributed by atoms with van der Waals surface area (Å²) in [6, 6.07) is 8.57. The van der Waals surface area contributed by atoms with Crippen LogP contribution in [0.4, 0.5) is 0 Å². The van der Waals surface area contributed by atoms with E-state index in [1.54, 1.807) is 6.92 Å². The lowest BCUT2D eigenvalue weighted by molar-refractivity contribution is 0.331. The zero-order valence-corrected chi connectivity index (χ0v) is 14.0. The van der Waals surface area contributed by atoms with Crippen molar-refractivity contribution in [3.05, 3.63) is 35.4 Å². The van der Waals surface area contributed by atoms with Crippen LogP contribution in [0.1, 0.15) is 44.2 Å². The predicted molar refractivity (Wildman–Crippen MR) is 88.5 cm³/mol. The summed E-state index contributed by atoms with van der Waals surface area (Å²) in [5, 5.41) is 3.46. The fourth-order valence-corrected chi connectivity index (χ4v) is 4.39. The lowest BCUT2D eigenvalue weighted by Gasteiger charge is -2.39. The largest absolute Gasteiger partial charge is 0.316 e. The van der Waals surface area contributed by atoms with Gasteiger partial charge in [0.1, 0.15) is 9.84 Å². The maximum atomic E-state index is 11.9. The Morgan fingerprint density at radius 1 is 1.24 bits per heavy atom. The summed E-state index contributed by atoms with van der Waals surface area (Å²) in [5.41, 5.74) is 2.74. The topological polar surface area (TPSA) is 46.2 Å². The van der Waals surface area contributed by atoms with Gasteiger partial charge in [0.15, 0.2) is 0 Å². The third kappa shape index (κ3) is 3.86.